The Kier molecular flexibility index (Phi) is 4.70. The highest BCUT2D eigenvalue weighted by molar-refractivity contribution is 5.65. The Balaban J connectivity index is 1.31. The molecule has 6 heteroatoms. The highest BCUT2D eigenvalue weighted by atomic mass is 16.3. The Morgan fingerprint density at radius 1 is 1.21 bits per heavy atom. The number of phenolic OH excluding ortho intramolecular Hbond substituents is 1. The van der Waals surface area contributed by atoms with Gasteiger partial charge in [-0.25, -0.2) is 10.4 Å². The van der Waals surface area contributed by atoms with Gasteiger partial charge in [0.25, 0.3) is 0 Å². The molecular weight excluding hydrogens is 350 g/mol. The Hall–Kier alpha value is -2.15. The minimum Gasteiger partial charge on any atom is -0.508 e. The van der Waals surface area contributed by atoms with E-state index >= 15 is 0 Å². The summed E-state index contributed by atoms with van der Waals surface area (Å²) in [6.07, 6.45) is 8.64. The van der Waals surface area contributed by atoms with Crippen molar-refractivity contribution in [1.82, 2.24) is 26.1 Å². The van der Waals surface area contributed by atoms with E-state index in [1.807, 2.05) is 18.3 Å². The molecule has 1 aromatic heterocycles. The third-order valence-electron chi connectivity index (χ3n) is 6.75. The molecule has 4 unspecified atom stereocenters. The van der Waals surface area contributed by atoms with Crippen LogP contribution < -0.4 is 16.2 Å². The van der Waals surface area contributed by atoms with Crippen LogP contribution in [0.2, 0.25) is 0 Å². The number of nitrogens with one attached hydrogen (secondary N) is 4. The van der Waals surface area contributed by atoms with Crippen LogP contribution in [-0.2, 0) is 6.42 Å². The monoisotopic (exact) mass is 379 g/mol. The van der Waals surface area contributed by atoms with Gasteiger partial charge in [-0.3, -0.25) is 5.43 Å². The van der Waals surface area contributed by atoms with E-state index in [0.29, 0.717) is 23.6 Å². The van der Waals surface area contributed by atoms with Crippen LogP contribution in [0.1, 0.15) is 60.8 Å². The second-order valence-corrected chi connectivity index (χ2v) is 8.33. The highest BCUT2D eigenvalue weighted by Gasteiger charge is 2.42. The standard InChI is InChI=1S/C22H29N5O/c1-2-13-9-16(28)4-6-17(13)14-3-5-18-19(10-14)26-27-21(18)22-24-12-20(25-22)15-7-8-23-11-15/h4,6-7,9,12,14,18-19,21,23,26-28H,2-3,5,8,10-11H2,1H3,(H,24,25). The van der Waals surface area contributed by atoms with Gasteiger partial charge in [-0.1, -0.05) is 19.1 Å². The van der Waals surface area contributed by atoms with Crippen molar-refractivity contribution >= 4 is 5.57 Å². The van der Waals surface area contributed by atoms with Crippen molar-refractivity contribution in [2.45, 2.75) is 50.6 Å². The van der Waals surface area contributed by atoms with Crippen LogP contribution in [0, 0.1) is 5.92 Å². The van der Waals surface area contributed by atoms with Gasteiger partial charge in [-0.2, -0.15) is 0 Å². The minimum absolute atomic E-state index is 0.236. The summed E-state index contributed by atoms with van der Waals surface area (Å²) in [7, 11) is 0. The summed E-state index contributed by atoms with van der Waals surface area (Å²) in [5.74, 6) is 2.51. The maximum Gasteiger partial charge on any atom is 0.125 e. The number of phenols is 1. The second-order valence-electron chi connectivity index (χ2n) is 8.33. The first kappa shape index (κ1) is 17.9. The van der Waals surface area contributed by atoms with Crippen LogP contribution in [-0.4, -0.2) is 34.2 Å². The number of aryl methyl sites for hydroxylation is 1. The average Bonchev–Trinajstić information content (AvgIpc) is 3.46. The van der Waals surface area contributed by atoms with Gasteiger partial charge in [-0.15, -0.1) is 0 Å². The lowest BCUT2D eigenvalue weighted by atomic mass is 9.73. The molecule has 0 bridgehead atoms. The molecule has 6 nitrogen and oxygen atoms in total. The van der Waals surface area contributed by atoms with Gasteiger partial charge in [-0.05, 0) is 66.4 Å². The van der Waals surface area contributed by atoms with Crippen LogP contribution in [0.3, 0.4) is 0 Å². The Labute approximate surface area is 165 Å². The first-order chi connectivity index (χ1) is 13.7. The van der Waals surface area contributed by atoms with E-state index in [1.165, 1.54) is 29.5 Å². The molecule has 5 N–H and O–H groups in total. The lowest BCUT2D eigenvalue weighted by Crippen LogP contribution is -2.35. The van der Waals surface area contributed by atoms with Crippen molar-refractivity contribution < 1.29 is 5.11 Å². The third kappa shape index (κ3) is 3.15. The van der Waals surface area contributed by atoms with Gasteiger partial charge >= 0.3 is 0 Å². The largest absolute Gasteiger partial charge is 0.508 e. The summed E-state index contributed by atoms with van der Waals surface area (Å²) in [5.41, 5.74) is 12.2. The Morgan fingerprint density at radius 3 is 2.96 bits per heavy atom. The van der Waals surface area contributed by atoms with Crippen LogP contribution in [0.25, 0.3) is 5.57 Å². The number of hydrazine groups is 1. The van der Waals surface area contributed by atoms with Crippen molar-refractivity contribution in [2.24, 2.45) is 5.92 Å². The molecule has 148 valence electrons. The number of aromatic nitrogens is 2. The summed E-state index contributed by atoms with van der Waals surface area (Å²) >= 11 is 0. The molecular formula is C22H29N5O. The number of hydrogen-bond donors (Lipinski definition) is 5. The van der Waals surface area contributed by atoms with E-state index in [-0.39, 0.29) is 6.04 Å². The smallest absolute Gasteiger partial charge is 0.125 e. The molecule has 0 amide bonds. The zero-order chi connectivity index (χ0) is 19.1. The molecule has 28 heavy (non-hydrogen) atoms. The lowest BCUT2D eigenvalue weighted by Gasteiger charge is -2.33. The SMILES string of the molecule is CCc1cc(O)ccc1C1CCC2C(C1)NNC2c1ncc(C2=CCNC2)[nH]1. The number of aromatic hydroxyl groups is 1. The predicted octanol–water partition coefficient (Wildman–Crippen LogP) is 2.77. The molecule has 0 spiro atoms. The molecule has 0 radical (unpaired) electrons. The Bertz CT molecular complexity index is 889. The van der Waals surface area contributed by atoms with E-state index in [1.54, 1.807) is 0 Å². The Morgan fingerprint density at radius 2 is 2.14 bits per heavy atom. The topological polar surface area (TPSA) is 85.0 Å². The molecule has 5 rings (SSSR count). The van der Waals surface area contributed by atoms with Crippen LogP contribution in [0.4, 0.5) is 0 Å². The van der Waals surface area contributed by atoms with E-state index in [9.17, 15) is 5.11 Å². The number of imidazole rings is 1. The van der Waals surface area contributed by atoms with Crippen molar-refractivity contribution in [1.29, 1.82) is 0 Å². The van der Waals surface area contributed by atoms with Crippen molar-refractivity contribution in [3.05, 3.63) is 53.1 Å². The molecule has 1 aromatic carbocycles. The fourth-order valence-corrected chi connectivity index (χ4v) is 5.25. The van der Waals surface area contributed by atoms with Gasteiger partial charge in [0.05, 0.1) is 17.9 Å². The van der Waals surface area contributed by atoms with Gasteiger partial charge in [0.15, 0.2) is 0 Å². The van der Waals surface area contributed by atoms with Gasteiger partial charge in [0, 0.05) is 19.1 Å². The summed E-state index contributed by atoms with van der Waals surface area (Å²) in [5, 5.41) is 13.2. The van der Waals surface area contributed by atoms with Crippen LogP contribution in [0.15, 0.2) is 30.5 Å². The zero-order valence-electron chi connectivity index (χ0n) is 16.3. The van der Waals surface area contributed by atoms with Gasteiger partial charge in [0.2, 0.25) is 0 Å². The van der Waals surface area contributed by atoms with E-state index < -0.39 is 0 Å². The molecule has 1 aliphatic carbocycles. The molecule has 3 heterocycles. The first-order valence-corrected chi connectivity index (χ1v) is 10.5. The molecule has 1 saturated carbocycles. The average molecular weight is 380 g/mol. The second kappa shape index (κ2) is 7.35. The number of benzene rings is 1. The van der Waals surface area contributed by atoms with E-state index in [2.05, 4.69) is 40.2 Å². The zero-order valence-corrected chi connectivity index (χ0v) is 16.3. The van der Waals surface area contributed by atoms with Crippen molar-refractivity contribution in [3.63, 3.8) is 0 Å². The molecule has 2 aliphatic heterocycles. The van der Waals surface area contributed by atoms with E-state index in [0.717, 1.165) is 37.4 Å². The number of rotatable bonds is 4. The molecule has 2 aromatic rings. The normalized spacial score (nSPS) is 29.7. The predicted molar refractivity (Wildman–Crippen MR) is 110 cm³/mol. The number of aromatic amines is 1. The third-order valence-corrected chi connectivity index (χ3v) is 6.75. The summed E-state index contributed by atoms with van der Waals surface area (Å²) < 4.78 is 0. The summed E-state index contributed by atoms with van der Waals surface area (Å²) in [6.45, 7) is 4.02. The maximum atomic E-state index is 9.82. The molecule has 2 fully saturated rings. The van der Waals surface area contributed by atoms with Crippen molar-refractivity contribution in [3.8, 4) is 5.75 Å². The summed E-state index contributed by atoms with van der Waals surface area (Å²) in [4.78, 5) is 8.24. The first-order valence-electron chi connectivity index (χ1n) is 10.5. The highest BCUT2D eigenvalue weighted by Crippen LogP contribution is 2.44. The lowest BCUT2D eigenvalue weighted by molar-refractivity contribution is 0.276. The van der Waals surface area contributed by atoms with Crippen LogP contribution in [0.5, 0.6) is 5.75 Å². The summed E-state index contributed by atoms with van der Waals surface area (Å²) in [6, 6.07) is 6.58. The minimum atomic E-state index is 0.236. The van der Waals surface area contributed by atoms with Crippen molar-refractivity contribution in [2.75, 3.05) is 13.1 Å². The molecule has 3 aliphatic rings. The molecule has 1 saturated heterocycles. The van der Waals surface area contributed by atoms with E-state index in [4.69, 9.17) is 4.98 Å². The van der Waals surface area contributed by atoms with Gasteiger partial charge in [0.1, 0.15) is 11.6 Å². The number of nitrogens with zero attached hydrogens (tertiary/aromatic N) is 1. The van der Waals surface area contributed by atoms with Gasteiger partial charge < -0.3 is 15.4 Å². The quantitative estimate of drug-likeness (QED) is 0.564. The maximum absolute atomic E-state index is 9.82. The fraction of sp³-hybridized carbons (Fsp3) is 0.500. The van der Waals surface area contributed by atoms with Crippen LogP contribution >= 0.6 is 0 Å². The number of fused-ring (bicyclic) bond motifs is 1. The number of H-pyrrole nitrogens is 1. The molecule has 4 atom stereocenters. The fourth-order valence-electron chi connectivity index (χ4n) is 5.25. The number of hydrogen-bond acceptors (Lipinski definition) is 5.